The van der Waals surface area contributed by atoms with Crippen LogP contribution in [0.4, 0.5) is 18.9 Å². The Labute approximate surface area is 139 Å². The zero-order valence-corrected chi connectivity index (χ0v) is 13.5. The van der Waals surface area contributed by atoms with Crippen LogP contribution < -0.4 is 4.90 Å². The SMILES string of the molecule is O=C(C1CC1)N1CCC(F)(F)C2(CCN(c3cccc(F)c3)C2)C1. The van der Waals surface area contributed by atoms with Crippen LogP contribution in [0.3, 0.4) is 0 Å². The summed E-state index contributed by atoms with van der Waals surface area (Å²) in [5, 5.41) is 0. The lowest BCUT2D eigenvalue weighted by molar-refractivity contribution is -0.169. The number of carbonyl (C=O) groups excluding carboxylic acids is 1. The van der Waals surface area contributed by atoms with Gasteiger partial charge in [0.1, 0.15) is 5.82 Å². The fourth-order valence-corrected chi connectivity index (χ4v) is 4.07. The van der Waals surface area contributed by atoms with Gasteiger partial charge in [-0.15, -0.1) is 0 Å². The second kappa shape index (κ2) is 5.39. The minimum Gasteiger partial charge on any atom is -0.371 e. The van der Waals surface area contributed by atoms with Gasteiger partial charge in [0.2, 0.25) is 5.91 Å². The summed E-state index contributed by atoms with van der Waals surface area (Å²) in [5.74, 6) is -3.08. The van der Waals surface area contributed by atoms with Crippen LogP contribution in [0.5, 0.6) is 0 Å². The standard InChI is InChI=1S/C18H21F3N2O/c19-14-2-1-3-15(10-14)22-8-6-17(11-22)12-23(9-7-18(17,20)21)16(24)13-4-5-13/h1-3,10,13H,4-9,11-12H2. The Hall–Kier alpha value is -1.72. The van der Waals surface area contributed by atoms with Crippen molar-refractivity contribution in [3.8, 4) is 0 Å². The fourth-order valence-electron chi connectivity index (χ4n) is 4.07. The molecule has 1 amide bonds. The van der Waals surface area contributed by atoms with Crippen LogP contribution in [0.15, 0.2) is 24.3 Å². The second-order valence-electron chi connectivity index (χ2n) is 7.42. The molecule has 0 aromatic heterocycles. The summed E-state index contributed by atoms with van der Waals surface area (Å²) >= 11 is 0. The van der Waals surface area contributed by atoms with E-state index in [4.69, 9.17) is 0 Å². The molecule has 1 unspecified atom stereocenters. The monoisotopic (exact) mass is 338 g/mol. The predicted octanol–water partition coefficient (Wildman–Crippen LogP) is 3.30. The van der Waals surface area contributed by atoms with Crippen LogP contribution >= 0.6 is 0 Å². The highest BCUT2D eigenvalue weighted by atomic mass is 19.3. The molecular weight excluding hydrogens is 317 g/mol. The molecule has 1 atom stereocenters. The van der Waals surface area contributed by atoms with E-state index in [1.807, 2.05) is 4.90 Å². The molecule has 1 saturated carbocycles. The molecule has 1 aliphatic carbocycles. The number of hydrogen-bond donors (Lipinski definition) is 0. The number of anilines is 1. The lowest BCUT2D eigenvalue weighted by Crippen LogP contribution is -2.58. The molecule has 3 nitrogen and oxygen atoms in total. The van der Waals surface area contributed by atoms with Crippen molar-refractivity contribution in [3.05, 3.63) is 30.1 Å². The van der Waals surface area contributed by atoms with Gasteiger partial charge < -0.3 is 9.80 Å². The summed E-state index contributed by atoms with van der Waals surface area (Å²) < 4.78 is 42.9. The lowest BCUT2D eigenvalue weighted by atomic mass is 9.75. The first kappa shape index (κ1) is 15.8. The van der Waals surface area contributed by atoms with Gasteiger partial charge in [0, 0.05) is 44.2 Å². The van der Waals surface area contributed by atoms with Crippen LogP contribution in [-0.4, -0.2) is 42.9 Å². The summed E-state index contributed by atoms with van der Waals surface area (Å²) in [6.07, 6.45) is 1.82. The minimum absolute atomic E-state index is 0.0362. The number of halogens is 3. The lowest BCUT2D eigenvalue weighted by Gasteiger charge is -2.46. The van der Waals surface area contributed by atoms with Crippen LogP contribution in [0.1, 0.15) is 25.7 Å². The van der Waals surface area contributed by atoms with E-state index in [1.54, 1.807) is 17.0 Å². The fraction of sp³-hybridized carbons (Fsp3) is 0.611. The number of hydrogen-bond acceptors (Lipinski definition) is 2. The molecule has 0 N–H and O–H groups in total. The average molecular weight is 338 g/mol. The van der Waals surface area contributed by atoms with E-state index in [9.17, 15) is 18.0 Å². The highest BCUT2D eigenvalue weighted by Crippen LogP contribution is 2.51. The van der Waals surface area contributed by atoms with Gasteiger partial charge in [-0.1, -0.05) is 6.07 Å². The second-order valence-corrected chi connectivity index (χ2v) is 7.42. The van der Waals surface area contributed by atoms with Crippen molar-refractivity contribution in [1.82, 2.24) is 4.90 Å². The Balaban J connectivity index is 1.56. The van der Waals surface area contributed by atoms with Crippen molar-refractivity contribution in [1.29, 1.82) is 0 Å². The molecule has 2 aliphatic heterocycles. The number of benzene rings is 1. The maximum absolute atomic E-state index is 14.7. The Kier molecular flexibility index (Phi) is 3.55. The molecule has 130 valence electrons. The molecule has 3 aliphatic rings. The van der Waals surface area contributed by atoms with Crippen molar-refractivity contribution in [2.45, 2.75) is 31.6 Å². The molecule has 2 saturated heterocycles. The van der Waals surface area contributed by atoms with E-state index in [1.165, 1.54) is 12.1 Å². The number of likely N-dealkylation sites (tertiary alicyclic amines) is 1. The average Bonchev–Trinajstić information content (AvgIpc) is 3.30. The summed E-state index contributed by atoms with van der Waals surface area (Å²) in [6, 6.07) is 6.07. The molecule has 6 heteroatoms. The Morgan fingerprint density at radius 2 is 1.92 bits per heavy atom. The summed E-state index contributed by atoms with van der Waals surface area (Å²) in [5.41, 5.74) is -0.587. The van der Waals surface area contributed by atoms with E-state index in [0.29, 0.717) is 18.7 Å². The molecule has 3 fully saturated rings. The number of rotatable bonds is 2. The topological polar surface area (TPSA) is 23.6 Å². The Morgan fingerprint density at radius 3 is 2.62 bits per heavy atom. The van der Waals surface area contributed by atoms with Gasteiger partial charge >= 0.3 is 0 Å². The largest absolute Gasteiger partial charge is 0.371 e. The molecule has 1 aromatic carbocycles. The highest BCUT2D eigenvalue weighted by Gasteiger charge is 2.60. The molecule has 0 radical (unpaired) electrons. The molecule has 2 heterocycles. The maximum atomic E-state index is 14.7. The van der Waals surface area contributed by atoms with Gasteiger partial charge in [0.05, 0.1) is 5.41 Å². The minimum atomic E-state index is -2.80. The van der Waals surface area contributed by atoms with Gasteiger partial charge in [-0.05, 0) is 37.5 Å². The quantitative estimate of drug-likeness (QED) is 0.826. The highest BCUT2D eigenvalue weighted by molar-refractivity contribution is 5.81. The summed E-state index contributed by atoms with van der Waals surface area (Å²) in [4.78, 5) is 15.8. The third-order valence-corrected chi connectivity index (χ3v) is 5.73. The number of carbonyl (C=O) groups is 1. The van der Waals surface area contributed by atoms with E-state index in [2.05, 4.69) is 0 Å². The van der Waals surface area contributed by atoms with Crippen LogP contribution in [0.25, 0.3) is 0 Å². The molecule has 4 rings (SSSR count). The Bertz CT molecular complexity index is 661. The molecule has 0 bridgehead atoms. The first-order chi connectivity index (χ1) is 11.4. The molecular formula is C18H21F3N2O. The summed E-state index contributed by atoms with van der Waals surface area (Å²) in [6.45, 7) is 0.883. The van der Waals surface area contributed by atoms with E-state index >= 15 is 0 Å². The Morgan fingerprint density at radius 1 is 1.12 bits per heavy atom. The van der Waals surface area contributed by atoms with Crippen LogP contribution in [-0.2, 0) is 4.79 Å². The zero-order chi connectivity index (χ0) is 16.9. The summed E-state index contributed by atoms with van der Waals surface area (Å²) in [7, 11) is 0. The van der Waals surface area contributed by atoms with Crippen molar-refractivity contribution < 1.29 is 18.0 Å². The van der Waals surface area contributed by atoms with Crippen LogP contribution in [0.2, 0.25) is 0 Å². The number of alkyl halides is 2. The zero-order valence-electron chi connectivity index (χ0n) is 13.5. The number of amides is 1. The normalized spacial score (nSPS) is 29.3. The van der Waals surface area contributed by atoms with Gasteiger partial charge in [-0.3, -0.25) is 4.79 Å². The smallest absolute Gasteiger partial charge is 0.258 e. The molecule has 24 heavy (non-hydrogen) atoms. The molecule has 1 aromatic rings. The third-order valence-electron chi connectivity index (χ3n) is 5.73. The van der Waals surface area contributed by atoms with Crippen molar-refractivity contribution in [2.24, 2.45) is 11.3 Å². The van der Waals surface area contributed by atoms with Gasteiger partial charge in [0.15, 0.2) is 0 Å². The first-order valence-electron chi connectivity index (χ1n) is 8.57. The van der Waals surface area contributed by atoms with Crippen molar-refractivity contribution in [2.75, 3.05) is 31.1 Å². The first-order valence-corrected chi connectivity index (χ1v) is 8.57. The van der Waals surface area contributed by atoms with Crippen molar-refractivity contribution in [3.63, 3.8) is 0 Å². The predicted molar refractivity (Wildman–Crippen MR) is 84.5 cm³/mol. The van der Waals surface area contributed by atoms with E-state index < -0.39 is 11.3 Å². The maximum Gasteiger partial charge on any atom is 0.258 e. The van der Waals surface area contributed by atoms with Gasteiger partial charge in [-0.25, -0.2) is 13.2 Å². The van der Waals surface area contributed by atoms with E-state index in [-0.39, 0.29) is 43.7 Å². The molecule has 1 spiro atoms. The van der Waals surface area contributed by atoms with Gasteiger partial charge in [-0.2, -0.15) is 0 Å². The van der Waals surface area contributed by atoms with Crippen LogP contribution in [0, 0.1) is 17.2 Å². The van der Waals surface area contributed by atoms with Crippen molar-refractivity contribution >= 4 is 11.6 Å². The third kappa shape index (κ3) is 2.56. The van der Waals surface area contributed by atoms with E-state index in [0.717, 1.165) is 12.8 Å². The number of piperidine rings is 1. The number of nitrogens with zero attached hydrogens (tertiary/aromatic N) is 2. The van der Waals surface area contributed by atoms with Gasteiger partial charge in [0.25, 0.3) is 5.92 Å².